The quantitative estimate of drug-likeness (QED) is 0.313. The molecule has 0 unspecified atom stereocenters. The number of allylic oxidation sites excluding steroid dienone is 4. The molecule has 0 N–H and O–H groups in total. The molecule has 0 amide bonds. The highest BCUT2D eigenvalue weighted by atomic mass is 16.7. The molecule has 2 aromatic carbocycles. The van der Waals surface area contributed by atoms with E-state index in [1.54, 1.807) is 6.08 Å². The minimum Gasteiger partial charge on any atom is -0.399 e. The lowest BCUT2D eigenvalue weighted by molar-refractivity contribution is 0.00578. The molecule has 0 saturated carbocycles. The number of hydrogen-bond acceptors (Lipinski definition) is 3. The SMILES string of the molecule is C=C/C=C(\C=C)c1nc2ccc(B3OC(C)(C)C(C)(C)O3)cc2c2cc3ccccc3n12. The number of hydrogen-bond donors (Lipinski definition) is 0. The van der Waals surface area contributed by atoms with Crippen LogP contribution in [0.3, 0.4) is 0 Å². The summed E-state index contributed by atoms with van der Waals surface area (Å²) in [6.45, 7) is 16.1. The number of aromatic nitrogens is 2. The van der Waals surface area contributed by atoms with Gasteiger partial charge in [0.2, 0.25) is 0 Å². The Morgan fingerprint density at radius 3 is 2.38 bits per heavy atom. The largest absolute Gasteiger partial charge is 0.494 e. The molecule has 4 aromatic rings. The zero-order valence-corrected chi connectivity index (χ0v) is 19.1. The van der Waals surface area contributed by atoms with E-state index in [0.29, 0.717) is 0 Å². The number of fused-ring (bicyclic) bond motifs is 5. The Hall–Kier alpha value is -3.15. The predicted octanol–water partition coefficient (Wildman–Crippen LogP) is 5.70. The van der Waals surface area contributed by atoms with E-state index < -0.39 is 7.12 Å². The average Bonchev–Trinajstić information content (AvgIpc) is 3.25. The van der Waals surface area contributed by atoms with Crippen LogP contribution in [-0.2, 0) is 9.31 Å². The molecule has 1 fully saturated rings. The van der Waals surface area contributed by atoms with E-state index in [9.17, 15) is 0 Å². The predicted molar refractivity (Wildman–Crippen MR) is 134 cm³/mol. The van der Waals surface area contributed by atoms with Gasteiger partial charge in [0.25, 0.3) is 0 Å². The normalized spacial score (nSPS) is 18.0. The summed E-state index contributed by atoms with van der Waals surface area (Å²) in [6, 6.07) is 16.8. The Morgan fingerprint density at radius 2 is 1.69 bits per heavy atom. The van der Waals surface area contributed by atoms with Gasteiger partial charge < -0.3 is 9.31 Å². The van der Waals surface area contributed by atoms with Crippen molar-refractivity contribution in [2.75, 3.05) is 0 Å². The second-order valence-electron chi connectivity index (χ2n) is 9.29. The highest BCUT2D eigenvalue weighted by molar-refractivity contribution is 6.62. The third-order valence-electron chi connectivity index (χ3n) is 6.75. The van der Waals surface area contributed by atoms with Crippen LogP contribution in [0, 0.1) is 0 Å². The Kier molecular flexibility index (Phi) is 4.66. The van der Waals surface area contributed by atoms with Crippen molar-refractivity contribution in [3.05, 3.63) is 85.7 Å². The summed E-state index contributed by atoms with van der Waals surface area (Å²) in [6.07, 6.45) is 5.53. The van der Waals surface area contributed by atoms with Crippen LogP contribution in [0.4, 0.5) is 0 Å². The fraction of sp³-hybridized carbons (Fsp3) is 0.222. The van der Waals surface area contributed by atoms with Crippen molar-refractivity contribution in [1.29, 1.82) is 0 Å². The van der Waals surface area contributed by atoms with E-state index in [1.807, 2.05) is 30.4 Å². The Labute approximate surface area is 189 Å². The first-order chi connectivity index (χ1) is 15.3. The van der Waals surface area contributed by atoms with Crippen LogP contribution in [0.1, 0.15) is 33.5 Å². The highest BCUT2D eigenvalue weighted by Crippen LogP contribution is 2.37. The summed E-state index contributed by atoms with van der Waals surface area (Å²) in [5.41, 5.74) is 4.23. The lowest BCUT2D eigenvalue weighted by atomic mass is 9.78. The first-order valence-electron chi connectivity index (χ1n) is 10.9. The first kappa shape index (κ1) is 20.7. The molecule has 1 aliphatic heterocycles. The molecule has 5 heteroatoms. The Balaban J connectivity index is 1.79. The van der Waals surface area contributed by atoms with Gasteiger partial charge in [-0.2, -0.15) is 0 Å². The fourth-order valence-corrected chi connectivity index (χ4v) is 4.28. The van der Waals surface area contributed by atoms with Crippen molar-refractivity contribution in [3.63, 3.8) is 0 Å². The Morgan fingerprint density at radius 1 is 0.969 bits per heavy atom. The van der Waals surface area contributed by atoms with Crippen molar-refractivity contribution in [1.82, 2.24) is 9.38 Å². The molecule has 0 spiro atoms. The summed E-state index contributed by atoms with van der Waals surface area (Å²) in [5.74, 6) is 0.840. The second-order valence-corrected chi connectivity index (χ2v) is 9.29. The number of benzene rings is 2. The molecule has 0 atom stereocenters. The van der Waals surface area contributed by atoms with E-state index >= 15 is 0 Å². The zero-order chi connectivity index (χ0) is 22.7. The van der Waals surface area contributed by atoms with Gasteiger partial charge in [-0.3, -0.25) is 4.40 Å². The monoisotopic (exact) mass is 422 g/mol. The molecule has 5 rings (SSSR count). The summed E-state index contributed by atoms with van der Waals surface area (Å²) < 4.78 is 14.8. The van der Waals surface area contributed by atoms with Crippen LogP contribution in [0.5, 0.6) is 0 Å². The maximum atomic E-state index is 6.30. The second kappa shape index (κ2) is 7.19. The maximum Gasteiger partial charge on any atom is 0.494 e. The van der Waals surface area contributed by atoms with E-state index in [0.717, 1.165) is 44.2 Å². The van der Waals surface area contributed by atoms with Gasteiger partial charge in [0.05, 0.1) is 27.8 Å². The van der Waals surface area contributed by atoms with E-state index in [1.165, 1.54) is 0 Å². The van der Waals surface area contributed by atoms with Gasteiger partial charge in [-0.05, 0) is 51.4 Å². The Bertz CT molecular complexity index is 1410. The van der Waals surface area contributed by atoms with E-state index in [4.69, 9.17) is 14.3 Å². The number of rotatable bonds is 4. The summed E-state index contributed by atoms with van der Waals surface area (Å²) in [7, 11) is -0.419. The van der Waals surface area contributed by atoms with Gasteiger partial charge in [0.1, 0.15) is 5.82 Å². The molecular weight excluding hydrogens is 395 g/mol. The maximum absolute atomic E-state index is 6.30. The van der Waals surface area contributed by atoms with Crippen molar-refractivity contribution >= 4 is 45.5 Å². The van der Waals surface area contributed by atoms with Gasteiger partial charge >= 0.3 is 7.12 Å². The third kappa shape index (κ3) is 3.04. The fourth-order valence-electron chi connectivity index (χ4n) is 4.28. The minimum absolute atomic E-state index is 0.387. The minimum atomic E-state index is -0.419. The molecule has 1 saturated heterocycles. The third-order valence-corrected chi connectivity index (χ3v) is 6.75. The molecule has 32 heavy (non-hydrogen) atoms. The van der Waals surface area contributed by atoms with Crippen molar-refractivity contribution in [3.8, 4) is 0 Å². The van der Waals surface area contributed by atoms with E-state index in [2.05, 4.69) is 75.6 Å². The van der Waals surface area contributed by atoms with Gasteiger partial charge in [-0.25, -0.2) is 4.98 Å². The van der Waals surface area contributed by atoms with Crippen LogP contribution in [0.2, 0.25) is 0 Å². The summed E-state index contributed by atoms with van der Waals surface area (Å²) in [4.78, 5) is 5.03. The van der Waals surface area contributed by atoms with E-state index in [-0.39, 0.29) is 11.2 Å². The van der Waals surface area contributed by atoms with Crippen molar-refractivity contribution in [2.24, 2.45) is 0 Å². The van der Waals surface area contributed by atoms with Crippen LogP contribution < -0.4 is 5.46 Å². The van der Waals surface area contributed by atoms with Crippen LogP contribution in [-0.4, -0.2) is 27.7 Å². The number of nitrogens with zero attached hydrogens (tertiary/aromatic N) is 2. The van der Waals surface area contributed by atoms with Crippen LogP contribution >= 0.6 is 0 Å². The molecule has 4 nitrogen and oxygen atoms in total. The highest BCUT2D eigenvalue weighted by Gasteiger charge is 2.51. The molecule has 1 aliphatic rings. The van der Waals surface area contributed by atoms with Gasteiger partial charge in [-0.15, -0.1) is 0 Å². The molecule has 160 valence electrons. The smallest absolute Gasteiger partial charge is 0.399 e. The molecule has 3 heterocycles. The molecule has 0 aliphatic carbocycles. The molecule has 0 radical (unpaired) electrons. The lowest BCUT2D eigenvalue weighted by Gasteiger charge is -2.32. The molecule has 2 aromatic heterocycles. The van der Waals surface area contributed by atoms with Gasteiger partial charge in [0.15, 0.2) is 0 Å². The summed E-state index contributed by atoms with van der Waals surface area (Å²) >= 11 is 0. The average molecular weight is 422 g/mol. The zero-order valence-electron chi connectivity index (χ0n) is 19.1. The molecule has 0 bridgehead atoms. The standard InChI is InChI=1S/C27H27BN2O2/c1-7-11-18(8-2)25-29-22-15-14-20(28-31-26(3,4)27(5,6)32-28)17-21(22)24-16-19-12-9-10-13-23(19)30(24)25/h7-17H,1-2H2,3-6H3/b18-11+. The van der Waals surface area contributed by atoms with Gasteiger partial charge in [-0.1, -0.05) is 61.7 Å². The summed E-state index contributed by atoms with van der Waals surface area (Å²) in [5, 5.41) is 2.21. The first-order valence-corrected chi connectivity index (χ1v) is 10.9. The number of para-hydroxylation sites is 1. The lowest BCUT2D eigenvalue weighted by Crippen LogP contribution is -2.41. The van der Waals surface area contributed by atoms with Crippen molar-refractivity contribution < 1.29 is 9.31 Å². The van der Waals surface area contributed by atoms with Crippen LogP contribution in [0.15, 0.2) is 79.9 Å². The van der Waals surface area contributed by atoms with Crippen LogP contribution in [0.25, 0.3) is 32.9 Å². The van der Waals surface area contributed by atoms with Crippen molar-refractivity contribution in [2.45, 2.75) is 38.9 Å². The topological polar surface area (TPSA) is 35.8 Å². The molecular formula is C27H27BN2O2. The van der Waals surface area contributed by atoms with Gasteiger partial charge in [0, 0.05) is 16.3 Å².